The van der Waals surface area contributed by atoms with Crippen molar-refractivity contribution in [3.8, 4) is 5.75 Å². The van der Waals surface area contributed by atoms with Gasteiger partial charge >= 0.3 is 0 Å². The molecule has 0 aromatic heterocycles. The Balaban J connectivity index is 2.41. The third-order valence-electron chi connectivity index (χ3n) is 2.68. The predicted molar refractivity (Wildman–Crippen MR) is 79.6 cm³/mol. The molecular weight excluding hydrogens is 319 g/mol. The lowest BCUT2D eigenvalue weighted by Gasteiger charge is -2.12. The van der Waals surface area contributed by atoms with Gasteiger partial charge in [-0.1, -0.05) is 11.6 Å². The van der Waals surface area contributed by atoms with Crippen molar-refractivity contribution in [1.29, 1.82) is 0 Å². The Morgan fingerprint density at radius 3 is 2.57 bits per heavy atom. The lowest BCUT2D eigenvalue weighted by Crippen LogP contribution is -2.14. The van der Waals surface area contributed by atoms with Crippen molar-refractivity contribution in [2.24, 2.45) is 0 Å². The van der Waals surface area contributed by atoms with Crippen LogP contribution in [0.2, 0.25) is 5.02 Å². The van der Waals surface area contributed by atoms with Crippen molar-refractivity contribution in [1.82, 2.24) is 0 Å². The SMILES string of the molecule is COc1ccc(Cl)cc1NS(=O)(=O)c1ccc(F)c(N)c1. The summed E-state index contributed by atoms with van der Waals surface area (Å²) in [5.41, 5.74) is 5.30. The van der Waals surface area contributed by atoms with E-state index >= 15 is 0 Å². The Morgan fingerprint density at radius 2 is 1.95 bits per heavy atom. The summed E-state index contributed by atoms with van der Waals surface area (Å²) in [5, 5.41) is 0.340. The third kappa shape index (κ3) is 3.37. The van der Waals surface area contributed by atoms with Crippen molar-refractivity contribution >= 4 is 33.0 Å². The molecule has 5 nitrogen and oxygen atoms in total. The van der Waals surface area contributed by atoms with Crippen LogP contribution in [0.25, 0.3) is 0 Å². The van der Waals surface area contributed by atoms with Gasteiger partial charge in [0.25, 0.3) is 10.0 Å². The number of nitrogens with one attached hydrogen (secondary N) is 1. The van der Waals surface area contributed by atoms with E-state index in [0.29, 0.717) is 10.8 Å². The van der Waals surface area contributed by atoms with E-state index in [1.807, 2.05) is 0 Å². The third-order valence-corrected chi connectivity index (χ3v) is 4.28. The Hall–Kier alpha value is -1.99. The van der Waals surface area contributed by atoms with Gasteiger partial charge in [-0.15, -0.1) is 0 Å². The highest BCUT2D eigenvalue weighted by Gasteiger charge is 2.18. The van der Waals surface area contributed by atoms with Gasteiger partial charge < -0.3 is 10.5 Å². The number of rotatable bonds is 4. The van der Waals surface area contributed by atoms with Crippen LogP contribution in [0.4, 0.5) is 15.8 Å². The fraction of sp³-hybridized carbons (Fsp3) is 0.0769. The van der Waals surface area contributed by atoms with E-state index in [1.54, 1.807) is 6.07 Å². The van der Waals surface area contributed by atoms with Crippen LogP contribution < -0.4 is 15.2 Å². The summed E-state index contributed by atoms with van der Waals surface area (Å²) in [7, 11) is -2.54. The minimum Gasteiger partial charge on any atom is -0.495 e. The Morgan fingerprint density at radius 1 is 1.24 bits per heavy atom. The lowest BCUT2D eigenvalue weighted by atomic mass is 10.3. The minimum absolute atomic E-state index is 0.163. The van der Waals surface area contributed by atoms with Gasteiger partial charge in [-0.25, -0.2) is 12.8 Å². The van der Waals surface area contributed by atoms with Gasteiger partial charge in [0.2, 0.25) is 0 Å². The van der Waals surface area contributed by atoms with Crippen molar-refractivity contribution in [2.75, 3.05) is 17.6 Å². The van der Waals surface area contributed by atoms with E-state index < -0.39 is 15.8 Å². The van der Waals surface area contributed by atoms with Crippen molar-refractivity contribution in [2.45, 2.75) is 4.90 Å². The summed E-state index contributed by atoms with van der Waals surface area (Å²) in [4.78, 5) is -0.163. The molecule has 0 aliphatic rings. The van der Waals surface area contributed by atoms with Gasteiger partial charge in [-0.3, -0.25) is 4.72 Å². The van der Waals surface area contributed by atoms with Crippen LogP contribution in [0.5, 0.6) is 5.75 Å². The molecule has 2 aromatic carbocycles. The molecule has 0 aliphatic carbocycles. The molecule has 0 saturated carbocycles. The number of hydrogen-bond acceptors (Lipinski definition) is 4. The van der Waals surface area contributed by atoms with E-state index in [1.165, 1.54) is 19.2 Å². The van der Waals surface area contributed by atoms with Crippen LogP contribution >= 0.6 is 11.6 Å². The van der Waals surface area contributed by atoms with Gasteiger partial charge in [0.05, 0.1) is 23.4 Å². The second-order valence-corrected chi connectivity index (χ2v) is 6.25. The van der Waals surface area contributed by atoms with Crippen LogP contribution in [0.3, 0.4) is 0 Å². The molecule has 0 heterocycles. The fourth-order valence-electron chi connectivity index (χ4n) is 1.65. The van der Waals surface area contributed by atoms with Crippen LogP contribution in [0.15, 0.2) is 41.3 Å². The summed E-state index contributed by atoms with van der Waals surface area (Å²) >= 11 is 5.83. The second kappa shape index (κ2) is 5.79. The van der Waals surface area contributed by atoms with Crippen LogP contribution in [0, 0.1) is 5.82 Å². The van der Waals surface area contributed by atoms with Gasteiger partial charge in [-0.2, -0.15) is 0 Å². The molecule has 0 amide bonds. The molecule has 2 aromatic rings. The maximum atomic E-state index is 13.1. The molecule has 0 aliphatic heterocycles. The number of nitrogen functional groups attached to an aromatic ring is 1. The van der Waals surface area contributed by atoms with Gasteiger partial charge in [0, 0.05) is 5.02 Å². The summed E-state index contributed by atoms with van der Waals surface area (Å²) in [6.45, 7) is 0. The normalized spacial score (nSPS) is 11.2. The first-order valence-electron chi connectivity index (χ1n) is 5.75. The summed E-state index contributed by atoms with van der Waals surface area (Å²) in [5.74, 6) is -0.382. The molecule has 0 unspecified atom stereocenters. The number of methoxy groups -OCH3 is 1. The van der Waals surface area contributed by atoms with Crippen molar-refractivity contribution in [3.05, 3.63) is 47.2 Å². The smallest absolute Gasteiger partial charge is 0.262 e. The van der Waals surface area contributed by atoms with E-state index in [2.05, 4.69) is 4.72 Å². The van der Waals surface area contributed by atoms with Crippen LogP contribution in [-0.4, -0.2) is 15.5 Å². The highest BCUT2D eigenvalue weighted by atomic mass is 35.5. The van der Waals surface area contributed by atoms with E-state index in [-0.39, 0.29) is 16.3 Å². The first-order chi connectivity index (χ1) is 9.83. The van der Waals surface area contributed by atoms with Gasteiger partial charge in [-0.05, 0) is 36.4 Å². The summed E-state index contributed by atoms with van der Waals surface area (Å²) in [6.07, 6.45) is 0. The van der Waals surface area contributed by atoms with E-state index in [0.717, 1.165) is 18.2 Å². The number of hydrogen-bond donors (Lipinski definition) is 2. The van der Waals surface area contributed by atoms with Crippen LogP contribution in [-0.2, 0) is 10.0 Å². The molecule has 112 valence electrons. The van der Waals surface area contributed by atoms with E-state index in [9.17, 15) is 12.8 Å². The van der Waals surface area contributed by atoms with Crippen molar-refractivity contribution < 1.29 is 17.5 Å². The topological polar surface area (TPSA) is 81.4 Å². The molecule has 3 N–H and O–H groups in total. The number of benzene rings is 2. The average molecular weight is 331 g/mol. The van der Waals surface area contributed by atoms with Crippen molar-refractivity contribution in [3.63, 3.8) is 0 Å². The molecular formula is C13H12ClFN2O3S. The molecule has 0 bridgehead atoms. The molecule has 8 heteroatoms. The molecule has 0 saturated heterocycles. The molecule has 21 heavy (non-hydrogen) atoms. The number of halogens is 2. The highest BCUT2D eigenvalue weighted by Crippen LogP contribution is 2.30. The summed E-state index contributed by atoms with van der Waals surface area (Å²) < 4.78 is 45.0. The zero-order chi connectivity index (χ0) is 15.6. The maximum absolute atomic E-state index is 13.1. The molecule has 0 spiro atoms. The maximum Gasteiger partial charge on any atom is 0.262 e. The molecule has 0 fully saturated rings. The highest BCUT2D eigenvalue weighted by molar-refractivity contribution is 7.92. The Labute approximate surface area is 126 Å². The first kappa shape index (κ1) is 15.4. The Bertz CT molecular complexity index is 781. The van der Waals surface area contributed by atoms with Gasteiger partial charge in [0.15, 0.2) is 0 Å². The second-order valence-electron chi connectivity index (χ2n) is 4.13. The standard InChI is InChI=1S/C13H12ClFN2O3S/c1-20-13-5-2-8(14)6-12(13)17-21(18,19)9-3-4-10(15)11(16)7-9/h2-7,17H,16H2,1H3. The molecule has 2 rings (SSSR count). The quantitative estimate of drug-likeness (QED) is 0.845. The zero-order valence-electron chi connectivity index (χ0n) is 10.9. The van der Waals surface area contributed by atoms with E-state index in [4.69, 9.17) is 22.1 Å². The molecule has 0 radical (unpaired) electrons. The lowest BCUT2D eigenvalue weighted by molar-refractivity contribution is 0.417. The minimum atomic E-state index is -3.94. The number of anilines is 2. The first-order valence-corrected chi connectivity index (χ1v) is 7.61. The van der Waals surface area contributed by atoms with Crippen LogP contribution in [0.1, 0.15) is 0 Å². The monoisotopic (exact) mass is 330 g/mol. The number of ether oxygens (including phenoxy) is 1. The zero-order valence-corrected chi connectivity index (χ0v) is 12.5. The predicted octanol–water partition coefficient (Wildman–Crippen LogP) is 2.87. The number of nitrogens with two attached hydrogens (primary N) is 1. The molecule has 0 atom stereocenters. The number of sulfonamides is 1. The Kier molecular flexibility index (Phi) is 4.24. The summed E-state index contributed by atoms with van der Waals surface area (Å²) in [6, 6.07) is 7.64. The fourth-order valence-corrected chi connectivity index (χ4v) is 2.92. The largest absolute Gasteiger partial charge is 0.495 e. The van der Waals surface area contributed by atoms with Gasteiger partial charge in [0.1, 0.15) is 11.6 Å². The average Bonchev–Trinajstić information content (AvgIpc) is 2.41.